The zero-order chi connectivity index (χ0) is 11.8. The number of carboxylic acids is 1. The zero-order valence-electron chi connectivity index (χ0n) is 8.51. The van der Waals surface area contributed by atoms with Crippen molar-refractivity contribution in [3.8, 4) is 6.07 Å². The Bertz CT molecular complexity index is 401. The first kappa shape index (κ1) is 11.9. The Morgan fingerprint density at radius 3 is 3.19 bits per heavy atom. The summed E-state index contributed by atoms with van der Waals surface area (Å²) in [6.45, 7) is 0.361. The first-order valence-corrected chi connectivity index (χ1v) is 4.61. The summed E-state index contributed by atoms with van der Waals surface area (Å²) >= 11 is 0. The van der Waals surface area contributed by atoms with Crippen LogP contribution in [0.1, 0.15) is 5.56 Å². The third-order valence-corrected chi connectivity index (χ3v) is 1.73. The fourth-order valence-corrected chi connectivity index (χ4v) is 1.05. The van der Waals surface area contributed by atoms with Gasteiger partial charge in [0.05, 0.1) is 24.1 Å². The standard InChI is InChI=1S/C10H11N3O3/c11-5-8-1-2-12-6-9(8)13-3-4-16-7-10(14)15/h1-2,6,13H,3-4,7H2,(H,14,15). The van der Waals surface area contributed by atoms with E-state index in [0.717, 1.165) is 0 Å². The van der Waals surface area contributed by atoms with Crippen molar-refractivity contribution in [2.45, 2.75) is 0 Å². The van der Waals surface area contributed by atoms with E-state index in [1.54, 1.807) is 6.07 Å². The number of anilines is 1. The van der Waals surface area contributed by atoms with Crippen LogP contribution in [0.15, 0.2) is 18.5 Å². The number of carbonyl (C=O) groups is 1. The molecule has 0 radical (unpaired) electrons. The Morgan fingerprint density at radius 2 is 2.50 bits per heavy atom. The molecule has 0 aromatic carbocycles. The molecule has 0 aliphatic heterocycles. The molecule has 0 unspecified atom stereocenters. The number of nitriles is 1. The second kappa shape index (κ2) is 6.37. The third kappa shape index (κ3) is 3.94. The summed E-state index contributed by atoms with van der Waals surface area (Å²) in [6, 6.07) is 3.61. The molecule has 1 aromatic heterocycles. The number of rotatable bonds is 6. The summed E-state index contributed by atoms with van der Waals surface area (Å²) in [6.07, 6.45) is 3.07. The van der Waals surface area contributed by atoms with Crippen molar-refractivity contribution >= 4 is 11.7 Å². The topological polar surface area (TPSA) is 95.2 Å². The van der Waals surface area contributed by atoms with Gasteiger partial charge >= 0.3 is 5.97 Å². The van der Waals surface area contributed by atoms with Crippen LogP contribution < -0.4 is 5.32 Å². The van der Waals surface area contributed by atoms with E-state index in [9.17, 15) is 4.79 Å². The van der Waals surface area contributed by atoms with E-state index in [2.05, 4.69) is 10.3 Å². The highest BCUT2D eigenvalue weighted by Gasteiger charge is 2.00. The molecule has 1 rings (SSSR count). The van der Waals surface area contributed by atoms with E-state index in [4.69, 9.17) is 15.1 Å². The van der Waals surface area contributed by atoms with Crippen LogP contribution in [0.4, 0.5) is 5.69 Å². The molecule has 84 valence electrons. The van der Waals surface area contributed by atoms with Crippen LogP contribution >= 0.6 is 0 Å². The van der Waals surface area contributed by atoms with Gasteiger partial charge < -0.3 is 15.2 Å². The zero-order valence-corrected chi connectivity index (χ0v) is 8.51. The Kier molecular flexibility index (Phi) is 4.76. The van der Waals surface area contributed by atoms with Crippen molar-refractivity contribution in [3.63, 3.8) is 0 Å². The van der Waals surface area contributed by atoms with Crippen molar-refractivity contribution in [1.29, 1.82) is 5.26 Å². The van der Waals surface area contributed by atoms with Gasteiger partial charge in [0.15, 0.2) is 0 Å². The highest BCUT2D eigenvalue weighted by molar-refractivity contribution is 5.68. The van der Waals surface area contributed by atoms with E-state index < -0.39 is 5.97 Å². The number of aliphatic carboxylic acids is 1. The van der Waals surface area contributed by atoms with Crippen molar-refractivity contribution in [3.05, 3.63) is 24.0 Å². The minimum Gasteiger partial charge on any atom is -0.480 e. The van der Waals surface area contributed by atoms with Crippen molar-refractivity contribution in [2.24, 2.45) is 0 Å². The number of pyridine rings is 1. The normalized spacial score (nSPS) is 9.44. The molecule has 6 heteroatoms. The maximum absolute atomic E-state index is 10.1. The van der Waals surface area contributed by atoms with Gasteiger partial charge in [0.2, 0.25) is 0 Å². The lowest BCUT2D eigenvalue weighted by atomic mass is 10.2. The van der Waals surface area contributed by atoms with Crippen molar-refractivity contribution in [2.75, 3.05) is 25.1 Å². The summed E-state index contributed by atoms with van der Waals surface area (Å²) in [5, 5.41) is 20.0. The molecule has 0 atom stereocenters. The molecule has 16 heavy (non-hydrogen) atoms. The van der Waals surface area contributed by atoms with Gasteiger partial charge in [0, 0.05) is 12.7 Å². The van der Waals surface area contributed by atoms with E-state index in [0.29, 0.717) is 17.8 Å². The van der Waals surface area contributed by atoms with Crippen molar-refractivity contribution in [1.82, 2.24) is 4.98 Å². The lowest BCUT2D eigenvalue weighted by Gasteiger charge is -2.06. The second-order valence-electron chi connectivity index (χ2n) is 2.91. The Balaban J connectivity index is 2.32. The van der Waals surface area contributed by atoms with Crippen molar-refractivity contribution < 1.29 is 14.6 Å². The number of aromatic nitrogens is 1. The summed E-state index contributed by atoms with van der Waals surface area (Å²) in [5.41, 5.74) is 1.11. The van der Waals surface area contributed by atoms with Crippen LogP contribution in [-0.2, 0) is 9.53 Å². The number of nitrogens with zero attached hydrogens (tertiary/aromatic N) is 2. The van der Waals surface area contributed by atoms with Crippen LogP contribution in [0, 0.1) is 11.3 Å². The quantitative estimate of drug-likeness (QED) is 0.678. The first-order valence-electron chi connectivity index (χ1n) is 4.61. The summed E-state index contributed by atoms with van der Waals surface area (Å²) < 4.78 is 4.82. The lowest BCUT2D eigenvalue weighted by Crippen LogP contribution is -2.14. The smallest absolute Gasteiger partial charge is 0.329 e. The maximum atomic E-state index is 10.1. The molecule has 1 heterocycles. The molecule has 6 nitrogen and oxygen atoms in total. The number of hydrogen-bond acceptors (Lipinski definition) is 5. The van der Waals surface area contributed by atoms with Gasteiger partial charge in [-0.15, -0.1) is 0 Å². The van der Waals surface area contributed by atoms with E-state index >= 15 is 0 Å². The van der Waals surface area contributed by atoms with Crippen LogP contribution in [0.5, 0.6) is 0 Å². The molecule has 0 aliphatic rings. The number of nitrogens with one attached hydrogen (secondary N) is 1. The van der Waals surface area contributed by atoms with Gasteiger partial charge in [-0.2, -0.15) is 5.26 Å². The molecular weight excluding hydrogens is 210 g/mol. The highest BCUT2D eigenvalue weighted by Crippen LogP contribution is 2.10. The average Bonchev–Trinajstić information content (AvgIpc) is 2.29. The first-order chi connectivity index (χ1) is 7.74. The average molecular weight is 221 g/mol. The Labute approximate surface area is 92.5 Å². The van der Waals surface area contributed by atoms with Gasteiger partial charge in [-0.3, -0.25) is 4.98 Å². The number of carboxylic acid groups (broad SMARTS) is 1. The predicted octanol–water partition coefficient (Wildman–Crippen LogP) is 0.466. The monoisotopic (exact) mass is 221 g/mol. The molecule has 2 N–H and O–H groups in total. The minimum atomic E-state index is -1.00. The van der Waals surface area contributed by atoms with E-state index in [1.807, 2.05) is 6.07 Å². The largest absolute Gasteiger partial charge is 0.480 e. The fraction of sp³-hybridized carbons (Fsp3) is 0.300. The van der Waals surface area contributed by atoms with Gasteiger partial charge in [-0.25, -0.2) is 4.79 Å². The molecule has 0 aliphatic carbocycles. The molecule has 0 spiro atoms. The Hall–Kier alpha value is -2.13. The summed E-state index contributed by atoms with van der Waals surface area (Å²) in [7, 11) is 0. The maximum Gasteiger partial charge on any atom is 0.329 e. The molecule has 0 bridgehead atoms. The predicted molar refractivity (Wildman–Crippen MR) is 55.9 cm³/mol. The molecule has 0 amide bonds. The van der Waals surface area contributed by atoms with E-state index in [1.165, 1.54) is 12.4 Å². The van der Waals surface area contributed by atoms with Gasteiger partial charge in [-0.1, -0.05) is 0 Å². The van der Waals surface area contributed by atoms with Gasteiger partial charge in [-0.05, 0) is 6.07 Å². The van der Waals surface area contributed by atoms with E-state index in [-0.39, 0.29) is 13.2 Å². The van der Waals surface area contributed by atoms with Gasteiger partial charge in [0.25, 0.3) is 0 Å². The number of hydrogen-bond donors (Lipinski definition) is 2. The van der Waals surface area contributed by atoms with Crippen LogP contribution in [0.25, 0.3) is 0 Å². The highest BCUT2D eigenvalue weighted by atomic mass is 16.5. The third-order valence-electron chi connectivity index (χ3n) is 1.73. The van der Waals surface area contributed by atoms with Crippen LogP contribution in [0.3, 0.4) is 0 Å². The Morgan fingerprint density at radius 1 is 1.69 bits per heavy atom. The molecular formula is C10H11N3O3. The second-order valence-corrected chi connectivity index (χ2v) is 2.91. The molecule has 0 saturated carbocycles. The molecule has 1 aromatic rings. The van der Waals surface area contributed by atoms with Crippen LogP contribution in [-0.4, -0.2) is 35.8 Å². The van der Waals surface area contributed by atoms with Gasteiger partial charge in [0.1, 0.15) is 12.7 Å². The molecule has 0 fully saturated rings. The minimum absolute atomic E-state index is 0.256. The lowest BCUT2D eigenvalue weighted by molar-refractivity contribution is -0.142. The fourth-order valence-electron chi connectivity index (χ4n) is 1.05. The molecule has 0 saturated heterocycles. The summed E-state index contributed by atoms with van der Waals surface area (Å²) in [4.78, 5) is 14.0. The SMILES string of the molecule is N#Cc1ccncc1NCCOCC(=O)O. The summed E-state index contributed by atoms with van der Waals surface area (Å²) in [5.74, 6) is -1.00. The van der Waals surface area contributed by atoms with Crippen LogP contribution in [0.2, 0.25) is 0 Å². The number of ether oxygens (including phenoxy) is 1.